The van der Waals surface area contributed by atoms with Crippen molar-refractivity contribution in [3.8, 4) is 33.4 Å². The summed E-state index contributed by atoms with van der Waals surface area (Å²) in [7, 11) is 0. The van der Waals surface area contributed by atoms with Gasteiger partial charge in [0.25, 0.3) is 0 Å². The summed E-state index contributed by atoms with van der Waals surface area (Å²) in [5.41, 5.74) is 11.7. The summed E-state index contributed by atoms with van der Waals surface area (Å²) in [4.78, 5) is 0. The second-order valence-electron chi connectivity index (χ2n) is 12.2. The number of hydrogen-bond acceptors (Lipinski definition) is 0. The van der Waals surface area contributed by atoms with Crippen LogP contribution in [0.2, 0.25) is 0 Å². The molecule has 0 saturated carbocycles. The van der Waals surface area contributed by atoms with E-state index in [0.29, 0.717) is 0 Å². The minimum absolute atomic E-state index is 0.00240. The maximum atomic E-state index is 3.92. The van der Waals surface area contributed by atoms with E-state index in [-0.39, 0.29) is 5.41 Å². The highest BCUT2D eigenvalue weighted by Crippen LogP contribution is 2.49. The van der Waals surface area contributed by atoms with Crippen LogP contribution in [0.1, 0.15) is 30.5 Å². The molecule has 0 amide bonds. The lowest BCUT2D eigenvalue weighted by Crippen LogP contribution is -2.14. The first kappa shape index (κ1) is 25.5. The van der Waals surface area contributed by atoms with Crippen LogP contribution < -0.4 is 0 Å². The van der Waals surface area contributed by atoms with Gasteiger partial charge in [0.05, 0.1) is 0 Å². The van der Waals surface area contributed by atoms with Gasteiger partial charge in [0.1, 0.15) is 0 Å². The average molecular weight is 549 g/mol. The fraction of sp³-hybridized carbons (Fsp3) is 0.0698. The molecular weight excluding hydrogens is 516 g/mol. The van der Waals surface area contributed by atoms with Gasteiger partial charge in [-0.2, -0.15) is 0 Å². The molecule has 0 N–H and O–H groups in total. The summed E-state index contributed by atoms with van der Waals surface area (Å²) in [6.45, 7) is 8.60. The lowest BCUT2D eigenvalue weighted by atomic mass is 9.81. The van der Waals surface area contributed by atoms with Crippen molar-refractivity contribution >= 4 is 38.4 Å². The Balaban J connectivity index is 1.21. The largest absolute Gasteiger partial charge is 0.0991 e. The van der Waals surface area contributed by atoms with Gasteiger partial charge in [0.15, 0.2) is 0 Å². The first-order valence-electron chi connectivity index (χ1n) is 15.0. The SMILES string of the molecule is C=C/C=C\c1cc2c(ccc3ccccc32)cc1-c1ccc2cc(-c3ccc4c(c3)C(C)(C)c3ccccc3-4)ccc2c1. The molecule has 204 valence electrons. The van der Waals surface area contributed by atoms with Crippen LogP contribution >= 0.6 is 0 Å². The molecule has 7 aromatic rings. The lowest BCUT2D eigenvalue weighted by Gasteiger charge is -2.22. The first-order chi connectivity index (χ1) is 21.0. The molecule has 43 heavy (non-hydrogen) atoms. The van der Waals surface area contributed by atoms with Crippen LogP contribution in [0.5, 0.6) is 0 Å². The lowest BCUT2D eigenvalue weighted by molar-refractivity contribution is 0.660. The molecule has 0 atom stereocenters. The molecule has 0 heterocycles. The van der Waals surface area contributed by atoms with Crippen LogP contribution in [0, 0.1) is 0 Å². The van der Waals surface area contributed by atoms with Crippen molar-refractivity contribution in [1.82, 2.24) is 0 Å². The van der Waals surface area contributed by atoms with Gasteiger partial charge in [-0.3, -0.25) is 0 Å². The zero-order chi connectivity index (χ0) is 29.1. The van der Waals surface area contributed by atoms with E-state index in [2.05, 4.69) is 154 Å². The van der Waals surface area contributed by atoms with E-state index in [1.54, 1.807) is 0 Å². The third-order valence-corrected chi connectivity index (χ3v) is 9.40. The molecule has 0 aromatic heterocycles. The highest BCUT2D eigenvalue weighted by Gasteiger charge is 2.35. The summed E-state index contributed by atoms with van der Waals surface area (Å²) < 4.78 is 0. The van der Waals surface area contributed by atoms with Gasteiger partial charge in [0.2, 0.25) is 0 Å². The number of hydrogen-bond donors (Lipinski definition) is 0. The van der Waals surface area contributed by atoms with Gasteiger partial charge in [-0.25, -0.2) is 0 Å². The fourth-order valence-electron chi connectivity index (χ4n) is 7.11. The summed E-state index contributed by atoms with van der Waals surface area (Å²) in [6.07, 6.45) is 6.04. The van der Waals surface area contributed by atoms with Crippen LogP contribution in [0.4, 0.5) is 0 Å². The molecule has 0 radical (unpaired) electrons. The van der Waals surface area contributed by atoms with Crippen LogP contribution in [0.25, 0.3) is 71.8 Å². The van der Waals surface area contributed by atoms with Crippen molar-refractivity contribution in [2.75, 3.05) is 0 Å². The molecule has 1 aliphatic carbocycles. The van der Waals surface area contributed by atoms with E-state index in [1.165, 1.54) is 82.4 Å². The van der Waals surface area contributed by atoms with Crippen LogP contribution in [-0.2, 0) is 5.41 Å². The van der Waals surface area contributed by atoms with Crippen LogP contribution in [0.15, 0.2) is 146 Å². The van der Waals surface area contributed by atoms with Gasteiger partial charge in [-0.1, -0.05) is 136 Å². The Labute approximate surface area is 253 Å². The Morgan fingerprint density at radius 2 is 1.14 bits per heavy atom. The minimum Gasteiger partial charge on any atom is -0.0991 e. The molecule has 0 spiro atoms. The predicted molar refractivity (Wildman–Crippen MR) is 187 cm³/mol. The fourth-order valence-corrected chi connectivity index (χ4v) is 7.11. The summed E-state index contributed by atoms with van der Waals surface area (Å²) in [6, 6.07) is 47.3. The first-order valence-corrected chi connectivity index (χ1v) is 15.0. The Morgan fingerprint density at radius 3 is 2.00 bits per heavy atom. The average Bonchev–Trinajstić information content (AvgIpc) is 3.28. The van der Waals surface area contributed by atoms with Gasteiger partial charge in [0, 0.05) is 5.41 Å². The number of benzene rings is 7. The minimum atomic E-state index is -0.00240. The van der Waals surface area contributed by atoms with E-state index < -0.39 is 0 Å². The Kier molecular flexibility index (Phi) is 5.74. The third kappa shape index (κ3) is 4.06. The smallest absolute Gasteiger partial charge is 0.0159 e. The molecule has 0 unspecified atom stereocenters. The molecule has 1 aliphatic rings. The van der Waals surface area contributed by atoms with E-state index in [9.17, 15) is 0 Å². The summed E-state index contributed by atoms with van der Waals surface area (Å²) in [5, 5.41) is 7.56. The highest BCUT2D eigenvalue weighted by atomic mass is 14.4. The van der Waals surface area contributed by atoms with Crippen molar-refractivity contribution in [3.05, 3.63) is 163 Å². The number of allylic oxidation sites excluding steroid dienone is 2. The number of rotatable bonds is 4. The maximum absolute atomic E-state index is 3.92. The Hall–Kier alpha value is -5.20. The Bertz CT molecular complexity index is 2280. The van der Waals surface area contributed by atoms with E-state index in [1.807, 2.05) is 12.2 Å². The monoisotopic (exact) mass is 548 g/mol. The summed E-state index contributed by atoms with van der Waals surface area (Å²) >= 11 is 0. The van der Waals surface area contributed by atoms with Crippen molar-refractivity contribution < 1.29 is 0 Å². The molecule has 0 fully saturated rings. The van der Waals surface area contributed by atoms with Gasteiger partial charge in [-0.05, 0) is 113 Å². The van der Waals surface area contributed by atoms with Crippen molar-refractivity contribution in [2.24, 2.45) is 0 Å². The molecule has 0 nitrogen and oxygen atoms in total. The van der Waals surface area contributed by atoms with Gasteiger partial charge >= 0.3 is 0 Å². The van der Waals surface area contributed by atoms with Gasteiger partial charge in [-0.15, -0.1) is 0 Å². The second-order valence-corrected chi connectivity index (χ2v) is 12.2. The molecule has 0 saturated heterocycles. The van der Waals surface area contributed by atoms with Gasteiger partial charge < -0.3 is 0 Å². The highest BCUT2D eigenvalue weighted by molar-refractivity contribution is 6.10. The molecule has 8 rings (SSSR count). The van der Waals surface area contributed by atoms with Crippen molar-refractivity contribution in [3.63, 3.8) is 0 Å². The Morgan fingerprint density at radius 1 is 0.488 bits per heavy atom. The van der Waals surface area contributed by atoms with E-state index in [4.69, 9.17) is 0 Å². The normalized spacial score (nSPS) is 13.5. The summed E-state index contributed by atoms with van der Waals surface area (Å²) in [5.74, 6) is 0. The standard InChI is InChI=1S/C43H32/c1-4-5-10-33-26-40-35(19-15-28-11-6-7-12-36(28)40)25-39(33)34-20-18-29-23-30(16-17-31(29)24-34)32-21-22-38-37-13-8-9-14-41(37)43(2,3)42(38)27-32/h4-27H,1H2,2-3H3/b10-5-. The predicted octanol–water partition coefficient (Wildman–Crippen LogP) is 12.0. The molecular formula is C43H32. The van der Waals surface area contributed by atoms with Crippen LogP contribution in [-0.4, -0.2) is 0 Å². The number of fused-ring (bicyclic) bond motifs is 7. The van der Waals surface area contributed by atoms with Crippen molar-refractivity contribution in [1.29, 1.82) is 0 Å². The zero-order valence-electron chi connectivity index (χ0n) is 24.6. The van der Waals surface area contributed by atoms with Crippen molar-refractivity contribution in [2.45, 2.75) is 19.3 Å². The van der Waals surface area contributed by atoms with E-state index >= 15 is 0 Å². The maximum Gasteiger partial charge on any atom is 0.0159 e. The topological polar surface area (TPSA) is 0 Å². The zero-order valence-corrected chi connectivity index (χ0v) is 24.6. The van der Waals surface area contributed by atoms with E-state index in [0.717, 1.165) is 0 Å². The molecule has 0 bridgehead atoms. The quantitative estimate of drug-likeness (QED) is 0.152. The van der Waals surface area contributed by atoms with Crippen LogP contribution in [0.3, 0.4) is 0 Å². The molecule has 7 aromatic carbocycles. The second kappa shape index (κ2) is 9.68. The third-order valence-electron chi connectivity index (χ3n) is 9.40. The molecule has 0 heteroatoms. The molecule has 0 aliphatic heterocycles.